The van der Waals surface area contributed by atoms with Crippen LogP contribution in [0.25, 0.3) is 0 Å². The molecule has 0 unspecified atom stereocenters. The molecule has 25 heavy (non-hydrogen) atoms. The van der Waals surface area contributed by atoms with Crippen molar-refractivity contribution >= 4 is 5.69 Å². The fourth-order valence-electron chi connectivity index (χ4n) is 2.91. The van der Waals surface area contributed by atoms with E-state index in [-0.39, 0.29) is 10.8 Å². The van der Waals surface area contributed by atoms with Gasteiger partial charge in [0.2, 0.25) is 0 Å². The molecule has 0 saturated heterocycles. The molecule has 0 saturated carbocycles. The second kappa shape index (κ2) is 8.53. The van der Waals surface area contributed by atoms with Gasteiger partial charge in [-0.2, -0.15) is 0 Å². The molecular formula is C23H34N2. The van der Waals surface area contributed by atoms with Crippen LogP contribution in [0.3, 0.4) is 0 Å². The Hall–Kier alpha value is -1.80. The Labute approximate surface area is 154 Å². The average Bonchev–Trinajstić information content (AvgIpc) is 2.53. The topological polar surface area (TPSA) is 24.1 Å². The van der Waals surface area contributed by atoms with Crippen molar-refractivity contribution in [1.29, 1.82) is 0 Å². The molecular weight excluding hydrogens is 304 g/mol. The summed E-state index contributed by atoms with van der Waals surface area (Å²) >= 11 is 0. The maximum Gasteiger partial charge on any atom is 0.0343 e. The lowest BCUT2D eigenvalue weighted by atomic mass is 9.85. The van der Waals surface area contributed by atoms with Crippen LogP contribution in [-0.2, 0) is 13.0 Å². The fraction of sp³-hybridized carbons (Fsp3) is 0.478. The van der Waals surface area contributed by atoms with E-state index >= 15 is 0 Å². The van der Waals surface area contributed by atoms with Crippen LogP contribution >= 0.6 is 0 Å². The summed E-state index contributed by atoms with van der Waals surface area (Å²) in [6, 6.07) is 19.5. The lowest BCUT2D eigenvalue weighted by Crippen LogP contribution is -2.31. The van der Waals surface area contributed by atoms with Crippen molar-refractivity contribution in [1.82, 2.24) is 5.32 Å². The molecule has 0 radical (unpaired) electrons. The Balaban J connectivity index is 1.86. The first-order valence-electron chi connectivity index (χ1n) is 9.31. The van der Waals surface area contributed by atoms with Crippen LogP contribution < -0.4 is 10.6 Å². The van der Waals surface area contributed by atoms with Crippen molar-refractivity contribution in [2.24, 2.45) is 10.8 Å². The highest BCUT2D eigenvalue weighted by Gasteiger charge is 2.18. The van der Waals surface area contributed by atoms with E-state index in [1.165, 1.54) is 16.8 Å². The zero-order valence-corrected chi connectivity index (χ0v) is 16.5. The van der Waals surface area contributed by atoms with Gasteiger partial charge in [0.25, 0.3) is 0 Å². The van der Waals surface area contributed by atoms with E-state index in [2.05, 4.69) is 99.8 Å². The third-order valence-electron chi connectivity index (χ3n) is 4.21. The molecule has 0 heterocycles. The van der Waals surface area contributed by atoms with E-state index in [4.69, 9.17) is 0 Å². The van der Waals surface area contributed by atoms with Gasteiger partial charge in [0.1, 0.15) is 0 Å². The highest BCUT2D eigenvalue weighted by molar-refractivity contribution is 5.46. The molecule has 2 N–H and O–H groups in total. The molecule has 2 heteroatoms. The quantitative estimate of drug-likeness (QED) is 0.664. The maximum absolute atomic E-state index is 3.61. The molecule has 0 aliphatic heterocycles. The van der Waals surface area contributed by atoms with Crippen LogP contribution in [0.5, 0.6) is 0 Å². The first-order chi connectivity index (χ1) is 11.7. The zero-order valence-electron chi connectivity index (χ0n) is 16.5. The van der Waals surface area contributed by atoms with E-state index in [0.29, 0.717) is 0 Å². The Morgan fingerprint density at radius 1 is 0.760 bits per heavy atom. The molecule has 2 aromatic rings. The highest BCUT2D eigenvalue weighted by Crippen LogP contribution is 2.24. The van der Waals surface area contributed by atoms with Crippen molar-refractivity contribution in [3.05, 3.63) is 65.7 Å². The standard InChI is InChI=1S/C23H34N2/c1-22(2,3)17-25-21-13-9-12-20(14-21)15-23(4,5)18-24-16-19-10-7-6-8-11-19/h6-14,24-25H,15-18H2,1-5H3. The molecule has 0 spiro atoms. The molecule has 0 fully saturated rings. The van der Waals surface area contributed by atoms with Gasteiger partial charge in [0.05, 0.1) is 0 Å². The maximum atomic E-state index is 3.61. The van der Waals surface area contributed by atoms with Gasteiger partial charge >= 0.3 is 0 Å². The van der Waals surface area contributed by atoms with E-state index in [1.54, 1.807) is 0 Å². The largest absolute Gasteiger partial charge is 0.385 e. The smallest absolute Gasteiger partial charge is 0.0343 e. The normalized spacial score (nSPS) is 12.2. The molecule has 0 aliphatic carbocycles. The second-order valence-corrected chi connectivity index (χ2v) is 9.04. The minimum Gasteiger partial charge on any atom is -0.385 e. The van der Waals surface area contributed by atoms with Crippen LogP contribution in [0.15, 0.2) is 54.6 Å². The number of hydrogen-bond donors (Lipinski definition) is 2. The number of nitrogens with one attached hydrogen (secondary N) is 2. The minimum absolute atomic E-state index is 0.220. The van der Waals surface area contributed by atoms with Crippen molar-refractivity contribution in [2.45, 2.75) is 47.6 Å². The van der Waals surface area contributed by atoms with Gasteiger partial charge in [-0.05, 0) is 40.5 Å². The molecule has 2 nitrogen and oxygen atoms in total. The summed E-state index contributed by atoms with van der Waals surface area (Å²) in [5.74, 6) is 0. The van der Waals surface area contributed by atoms with Crippen LogP contribution in [0.4, 0.5) is 5.69 Å². The van der Waals surface area contributed by atoms with E-state index < -0.39 is 0 Å². The van der Waals surface area contributed by atoms with Crippen LogP contribution in [0.2, 0.25) is 0 Å². The van der Waals surface area contributed by atoms with Crippen LogP contribution in [-0.4, -0.2) is 13.1 Å². The first kappa shape index (κ1) is 19.5. The van der Waals surface area contributed by atoms with Gasteiger partial charge in [-0.15, -0.1) is 0 Å². The zero-order chi connectivity index (χ0) is 18.3. The summed E-state index contributed by atoms with van der Waals surface area (Å²) < 4.78 is 0. The summed E-state index contributed by atoms with van der Waals surface area (Å²) in [6.45, 7) is 14.3. The molecule has 0 aromatic heterocycles. The van der Waals surface area contributed by atoms with Gasteiger partial charge in [-0.1, -0.05) is 77.1 Å². The summed E-state index contributed by atoms with van der Waals surface area (Å²) in [5, 5.41) is 7.17. The second-order valence-electron chi connectivity index (χ2n) is 9.04. The van der Waals surface area contributed by atoms with Gasteiger partial charge < -0.3 is 10.6 Å². The molecule has 136 valence electrons. The van der Waals surface area contributed by atoms with Crippen molar-refractivity contribution in [3.63, 3.8) is 0 Å². The summed E-state index contributed by atoms with van der Waals surface area (Å²) in [7, 11) is 0. The lowest BCUT2D eigenvalue weighted by molar-refractivity contribution is 0.337. The first-order valence-corrected chi connectivity index (χ1v) is 9.31. The summed E-state index contributed by atoms with van der Waals surface area (Å²) in [6.07, 6.45) is 1.07. The van der Waals surface area contributed by atoms with Crippen molar-refractivity contribution < 1.29 is 0 Å². The van der Waals surface area contributed by atoms with E-state index in [9.17, 15) is 0 Å². The molecule has 2 aromatic carbocycles. The lowest BCUT2D eigenvalue weighted by Gasteiger charge is -2.26. The Morgan fingerprint density at radius 2 is 1.44 bits per heavy atom. The monoisotopic (exact) mass is 338 g/mol. The van der Waals surface area contributed by atoms with Gasteiger partial charge in [-0.25, -0.2) is 0 Å². The molecule has 0 amide bonds. The molecule has 2 rings (SSSR count). The number of rotatable bonds is 8. The predicted octanol–water partition coefficient (Wildman–Crippen LogP) is 5.50. The fourth-order valence-corrected chi connectivity index (χ4v) is 2.91. The van der Waals surface area contributed by atoms with Gasteiger partial charge in [0, 0.05) is 25.3 Å². The molecule has 0 aliphatic rings. The number of anilines is 1. The minimum atomic E-state index is 0.220. The van der Waals surface area contributed by atoms with Crippen molar-refractivity contribution in [3.8, 4) is 0 Å². The van der Waals surface area contributed by atoms with Crippen LogP contribution in [0, 0.1) is 10.8 Å². The van der Waals surface area contributed by atoms with Crippen LogP contribution in [0.1, 0.15) is 45.7 Å². The Kier molecular flexibility index (Phi) is 6.66. The number of benzene rings is 2. The Bertz CT molecular complexity index is 639. The number of hydrogen-bond acceptors (Lipinski definition) is 2. The van der Waals surface area contributed by atoms with Gasteiger partial charge in [0.15, 0.2) is 0 Å². The van der Waals surface area contributed by atoms with Crippen molar-refractivity contribution in [2.75, 3.05) is 18.4 Å². The summed E-state index contributed by atoms with van der Waals surface area (Å²) in [4.78, 5) is 0. The Morgan fingerprint density at radius 3 is 2.12 bits per heavy atom. The predicted molar refractivity (Wildman–Crippen MR) is 110 cm³/mol. The van der Waals surface area contributed by atoms with E-state index in [0.717, 1.165) is 26.1 Å². The highest BCUT2D eigenvalue weighted by atomic mass is 14.9. The van der Waals surface area contributed by atoms with E-state index in [1.807, 2.05) is 0 Å². The summed E-state index contributed by atoms with van der Waals surface area (Å²) in [5.41, 5.74) is 4.46. The third kappa shape index (κ3) is 7.74. The van der Waals surface area contributed by atoms with Gasteiger partial charge in [-0.3, -0.25) is 0 Å². The average molecular weight is 339 g/mol. The SMILES string of the molecule is CC(C)(C)CNc1cccc(CC(C)(C)CNCc2ccccc2)c1. The third-order valence-corrected chi connectivity index (χ3v) is 4.21. The molecule has 0 atom stereocenters. The molecule has 0 bridgehead atoms.